The van der Waals surface area contributed by atoms with Crippen molar-refractivity contribution in [2.45, 2.75) is 13.8 Å². The summed E-state index contributed by atoms with van der Waals surface area (Å²) in [4.78, 5) is 12.1. The molecule has 1 aliphatic heterocycles. The van der Waals surface area contributed by atoms with E-state index >= 15 is 0 Å². The summed E-state index contributed by atoms with van der Waals surface area (Å²) >= 11 is 0. The third kappa shape index (κ3) is 2.84. The van der Waals surface area contributed by atoms with Crippen LogP contribution in [-0.2, 0) is 4.74 Å². The summed E-state index contributed by atoms with van der Waals surface area (Å²) in [6.45, 7) is 6.83. The number of nitrogens with one attached hydrogen (secondary N) is 1. The van der Waals surface area contributed by atoms with Crippen LogP contribution in [0.15, 0.2) is 18.2 Å². The van der Waals surface area contributed by atoms with Crippen molar-refractivity contribution in [2.24, 2.45) is 0 Å². The number of amides is 1. The molecule has 1 fully saturated rings. The van der Waals surface area contributed by atoms with Crippen molar-refractivity contribution in [3.63, 3.8) is 0 Å². The second kappa shape index (κ2) is 5.29. The Bertz CT molecular complexity index is 412. The lowest BCUT2D eigenvalue weighted by Gasteiger charge is -2.27. The first kappa shape index (κ1) is 12.1. The van der Waals surface area contributed by atoms with Gasteiger partial charge in [0.2, 0.25) is 0 Å². The molecule has 1 saturated heterocycles. The maximum Gasteiger partial charge on any atom is 0.265 e. The number of hydrogen-bond donors (Lipinski definition) is 1. The molecule has 17 heavy (non-hydrogen) atoms. The molecule has 0 bridgehead atoms. The van der Waals surface area contributed by atoms with Crippen LogP contribution in [0.5, 0.6) is 0 Å². The maximum absolute atomic E-state index is 12.1. The van der Waals surface area contributed by atoms with Gasteiger partial charge in [0.1, 0.15) is 0 Å². The Balaban J connectivity index is 2.06. The Morgan fingerprint density at radius 2 is 2.00 bits per heavy atom. The van der Waals surface area contributed by atoms with Crippen molar-refractivity contribution < 1.29 is 9.53 Å². The summed E-state index contributed by atoms with van der Waals surface area (Å²) in [5, 5.41) is 1.91. The van der Waals surface area contributed by atoms with Gasteiger partial charge in [0.05, 0.1) is 13.2 Å². The summed E-state index contributed by atoms with van der Waals surface area (Å²) in [5.74, 6) is -0.0342. The lowest BCUT2D eigenvalue weighted by atomic mass is 10.0. The standard InChI is InChI=1S/C13H18N2O2/c1-10-4-3-5-12(11(10)2)13(16)14-15-6-8-17-9-7-15/h3-5H,6-9H2,1-2H3,(H,14,16). The van der Waals surface area contributed by atoms with Gasteiger partial charge in [-0.05, 0) is 31.0 Å². The molecule has 1 aromatic carbocycles. The number of benzene rings is 1. The van der Waals surface area contributed by atoms with E-state index in [0.29, 0.717) is 13.2 Å². The minimum absolute atomic E-state index is 0.0342. The van der Waals surface area contributed by atoms with E-state index in [0.717, 1.165) is 29.8 Å². The fourth-order valence-electron chi connectivity index (χ4n) is 1.88. The SMILES string of the molecule is Cc1cccc(C(=O)NN2CCOCC2)c1C. The zero-order valence-electron chi connectivity index (χ0n) is 10.3. The first-order valence-corrected chi connectivity index (χ1v) is 5.88. The molecular formula is C13H18N2O2. The van der Waals surface area contributed by atoms with Crippen LogP contribution in [0.4, 0.5) is 0 Å². The molecule has 4 heteroatoms. The summed E-state index contributed by atoms with van der Waals surface area (Å²) in [6, 6.07) is 5.79. The number of carbonyl (C=O) groups excluding carboxylic acids is 1. The quantitative estimate of drug-likeness (QED) is 0.838. The Hall–Kier alpha value is -1.39. The molecule has 1 heterocycles. The van der Waals surface area contributed by atoms with E-state index in [2.05, 4.69) is 5.43 Å². The number of hydrazine groups is 1. The van der Waals surface area contributed by atoms with Gasteiger partial charge in [0.25, 0.3) is 5.91 Å². The number of nitrogens with zero attached hydrogens (tertiary/aromatic N) is 1. The van der Waals surface area contributed by atoms with Gasteiger partial charge >= 0.3 is 0 Å². The second-order valence-corrected chi connectivity index (χ2v) is 4.29. The summed E-state index contributed by atoms with van der Waals surface area (Å²) in [5.41, 5.74) is 5.84. The van der Waals surface area contributed by atoms with E-state index in [9.17, 15) is 4.79 Å². The summed E-state index contributed by atoms with van der Waals surface area (Å²) in [6.07, 6.45) is 0. The Labute approximate surface area is 102 Å². The van der Waals surface area contributed by atoms with Crippen molar-refractivity contribution in [1.29, 1.82) is 0 Å². The highest BCUT2D eigenvalue weighted by Crippen LogP contribution is 2.12. The number of morpholine rings is 1. The summed E-state index contributed by atoms with van der Waals surface area (Å²) < 4.78 is 5.24. The van der Waals surface area contributed by atoms with Gasteiger partial charge in [0.15, 0.2) is 0 Å². The van der Waals surface area contributed by atoms with Crippen LogP contribution in [-0.4, -0.2) is 37.2 Å². The van der Waals surface area contributed by atoms with Crippen molar-refractivity contribution in [1.82, 2.24) is 10.4 Å². The average molecular weight is 234 g/mol. The van der Waals surface area contributed by atoms with E-state index in [1.165, 1.54) is 0 Å². The van der Waals surface area contributed by atoms with Crippen molar-refractivity contribution in [2.75, 3.05) is 26.3 Å². The van der Waals surface area contributed by atoms with Crippen LogP contribution >= 0.6 is 0 Å². The largest absolute Gasteiger partial charge is 0.379 e. The fraction of sp³-hybridized carbons (Fsp3) is 0.462. The molecule has 0 saturated carbocycles. The molecule has 0 radical (unpaired) electrons. The predicted molar refractivity (Wildman–Crippen MR) is 65.8 cm³/mol. The van der Waals surface area contributed by atoms with E-state index < -0.39 is 0 Å². The zero-order valence-corrected chi connectivity index (χ0v) is 10.3. The highest BCUT2D eigenvalue weighted by atomic mass is 16.5. The zero-order chi connectivity index (χ0) is 12.3. The highest BCUT2D eigenvalue weighted by molar-refractivity contribution is 5.95. The third-order valence-corrected chi connectivity index (χ3v) is 3.12. The van der Waals surface area contributed by atoms with Crippen molar-refractivity contribution in [3.8, 4) is 0 Å². The topological polar surface area (TPSA) is 41.6 Å². The average Bonchev–Trinajstić information content (AvgIpc) is 2.34. The first-order valence-electron chi connectivity index (χ1n) is 5.88. The Morgan fingerprint density at radius 3 is 2.71 bits per heavy atom. The molecular weight excluding hydrogens is 216 g/mol. The number of aryl methyl sites for hydroxylation is 1. The fourth-order valence-corrected chi connectivity index (χ4v) is 1.88. The van der Waals surface area contributed by atoms with E-state index in [4.69, 9.17) is 4.74 Å². The maximum atomic E-state index is 12.1. The lowest BCUT2D eigenvalue weighted by Crippen LogP contribution is -2.48. The number of hydrogen-bond acceptors (Lipinski definition) is 3. The van der Waals surface area contributed by atoms with Crippen LogP contribution in [0.2, 0.25) is 0 Å². The Kier molecular flexibility index (Phi) is 3.76. The van der Waals surface area contributed by atoms with Crippen LogP contribution in [0, 0.1) is 13.8 Å². The van der Waals surface area contributed by atoms with Gasteiger partial charge in [-0.15, -0.1) is 0 Å². The van der Waals surface area contributed by atoms with Crippen molar-refractivity contribution in [3.05, 3.63) is 34.9 Å². The van der Waals surface area contributed by atoms with E-state index in [1.807, 2.05) is 37.1 Å². The number of rotatable bonds is 2. The van der Waals surface area contributed by atoms with Gasteiger partial charge in [-0.1, -0.05) is 12.1 Å². The van der Waals surface area contributed by atoms with Gasteiger partial charge in [0, 0.05) is 18.7 Å². The molecule has 4 nitrogen and oxygen atoms in total. The molecule has 0 unspecified atom stereocenters. The van der Waals surface area contributed by atoms with Gasteiger partial charge in [-0.25, -0.2) is 5.01 Å². The summed E-state index contributed by atoms with van der Waals surface area (Å²) in [7, 11) is 0. The van der Waals surface area contributed by atoms with Gasteiger partial charge in [-0.3, -0.25) is 10.2 Å². The molecule has 0 aliphatic carbocycles. The molecule has 0 atom stereocenters. The van der Waals surface area contributed by atoms with Crippen molar-refractivity contribution >= 4 is 5.91 Å². The highest BCUT2D eigenvalue weighted by Gasteiger charge is 2.15. The van der Waals surface area contributed by atoms with Crippen LogP contribution in [0.3, 0.4) is 0 Å². The number of carbonyl (C=O) groups is 1. The van der Waals surface area contributed by atoms with Crippen LogP contribution in [0.25, 0.3) is 0 Å². The minimum atomic E-state index is -0.0342. The molecule has 1 N–H and O–H groups in total. The first-order chi connectivity index (χ1) is 8.18. The van der Waals surface area contributed by atoms with Crippen LogP contribution < -0.4 is 5.43 Å². The molecule has 1 aromatic rings. The van der Waals surface area contributed by atoms with E-state index in [-0.39, 0.29) is 5.91 Å². The molecule has 2 rings (SSSR count). The Morgan fingerprint density at radius 1 is 1.29 bits per heavy atom. The molecule has 92 valence electrons. The second-order valence-electron chi connectivity index (χ2n) is 4.29. The normalized spacial score (nSPS) is 16.8. The third-order valence-electron chi connectivity index (χ3n) is 3.12. The van der Waals surface area contributed by atoms with Crippen LogP contribution in [0.1, 0.15) is 21.5 Å². The molecule has 0 spiro atoms. The molecule has 1 aliphatic rings. The van der Waals surface area contributed by atoms with Gasteiger partial charge in [-0.2, -0.15) is 0 Å². The molecule has 1 amide bonds. The predicted octanol–water partition coefficient (Wildman–Crippen LogP) is 1.28. The lowest BCUT2D eigenvalue weighted by molar-refractivity contribution is 0.0126. The van der Waals surface area contributed by atoms with E-state index in [1.54, 1.807) is 0 Å². The van der Waals surface area contributed by atoms with Gasteiger partial charge < -0.3 is 4.74 Å². The molecule has 0 aromatic heterocycles. The minimum Gasteiger partial charge on any atom is -0.379 e. The smallest absolute Gasteiger partial charge is 0.265 e. The number of ether oxygens (including phenoxy) is 1. The monoisotopic (exact) mass is 234 g/mol.